The van der Waals surface area contributed by atoms with Gasteiger partial charge in [-0.25, -0.2) is 4.98 Å². The van der Waals surface area contributed by atoms with Crippen molar-refractivity contribution in [3.63, 3.8) is 0 Å². The number of pyridine rings is 2. The van der Waals surface area contributed by atoms with Gasteiger partial charge in [0.2, 0.25) is 5.91 Å². The highest BCUT2D eigenvalue weighted by Gasteiger charge is 2.34. The maximum Gasteiger partial charge on any atom is 0.417 e. The molecule has 4 heterocycles. The van der Waals surface area contributed by atoms with E-state index < -0.39 is 11.7 Å². The van der Waals surface area contributed by atoms with Crippen LogP contribution in [0.25, 0.3) is 0 Å². The Bertz CT molecular complexity index is 927. The molecule has 172 valence electrons. The second-order valence-electron chi connectivity index (χ2n) is 8.25. The average molecular weight is 468 g/mol. The molecule has 1 amide bonds. The Labute approximate surface area is 190 Å². The SMILES string of the molecule is O=C(C1CCN(c2ncc(C(F)(F)F)cc2Cl)CC1)N1CCN(Cc2ccncc2)CC1. The van der Waals surface area contributed by atoms with Gasteiger partial charge in [0.1, 0.15) is 5.82 Å². The number of carbonyl (C=O) groups excluding carboxylic acids is 1. The molecule has 2 saturated heterocycles. The molecular weight excluding hydrogens is 443 g/mol. The highest BCUT2D eigenvalue weighted by atomic mass is 35.5. The molecule has 2 aromatic heterocycles. The highest BCUT2D eigenvalue weighted by molar-refractivity contribution is 6.33. The van der Waals surface area contributed by atoms with E-state index in [1.54, 1.807) is 12.4 Å². The number of piperazine rings is 1. The first-order valence-corrected chi connectivity index (χ1v) is 11.1. The van der Waals surface area contributed by atoms with Gasteiger partial charge in [-0.2, -0.15) is 13.2 Å². The van der Waals surface area contributed by atoms with Gasteiger partial charge in [0.15, 0.2) is 0 Å². The van der Waals surface area contributed by atoms with Gasteiger partial charge in [0, 0.05) is 70.3 Å². The van der Waals surface area contributed by atoms with Crippen LogP contribution in [0.15, 0.2) is 36.8 Å². The number of aromatic nitrogens is 2. The fraction of sp³-hybridized carbons (Fsp3) is 0.500. The summed E-state index contributed by atoms with van der Waals surface area (Å²) in [5, 5.41) is -0.0186. The van der Waals surface area contributed by atoms with Gasteiger partial charge in [-0.3, -0.25) is 14.7 Å². The standard InChI is InChI=1S/C22H25ClF3N5O/c23-19-13-18(22(24,25)26)14-28-20(19)30-7-3-17(4-8-30)21(32)31-11-9-29(10-12-31)15-16-1-5-27-6-2-16/h1-2,5-6,13-14,17H,3-4,7-12,15H2. The number of halogens is 4. The summed E-state index contributed by atoms with van der Waals surface area (Å²) in [6.45, 7) is 5.00. The number of alkyl halides is 3. The Morgan fingerprint density at radius 3 is 2.31 bits per heavy atom. The second kappa shape index (κ2) is 9.62. The van der Waals surface area contributed by atoms with Crippen molar-refractivity contribution in [3.05, 3.63) is 52.9 Å². The summed E-state index contributed by atoms with van der Waals surface area (Å²) >= 11 is 6.07. The van der Waals surface area contributed by atoms with Crippen LogP contribution < -0.4 is 4.90 Å². The predicted molar refractivity (Wildman–Crippen MR) is 115 cm³/mol. The molecule has 0 aliphatic carbocycles. The molecule has 10 heteroatoms. The van der Waals surface area contributed by atoms with Crippen LogP contribution >= 0.6 is 11.6 Å². The summed E-state index contributed by atoms with van der Waals surface area (Å²) in [6, 6.07) is 4.92. The van der Waals surface area contributed by atoms with E-state index in [-0.39, 0.29) is 16.8 Å². The molecule has 2 aromatic rings. The first-order valence-electron chi connectivity index (χ1n) is 10.7. The molecule has 0 atom stereocenters. The van der Waals surface area contributed by atoms with Gasteiger partial charge in [-0.1, -0.05) is 11.6 Å². The van der Waals surface area contributed by atoms with Gasteiger partial charge >= 0.3 is 6.18 Å². The number of rotatable bonds is 4. The maximum atomic E-state index is 13.0. The smallest absolute Gasteiger partial charge is 0.355 e. The lowest BCUT2D eigenvalue weighted by atomic mass is 9.95. The predicted octanol–water partition coefficient (Wildman–Crippen LogP) is 3.71. The highest BCUT2D eigenvalue weighted by Crippen LogP contribution is 2.34. The molecule has 0 radical (unpaired) electrons. The number of carbonyl (C=O) groups is 1. The Balaban J connectivity index is 1.27. The quantitative estimate of drug-likeness (QED) is 0.686. The minimum atomic E-state index is -4.48. The van der Waals surface area contributed by atoms with Crippen LogP contribution in [-0.2, 0) is 17.5 Å². The minimum Gasteiger partial charge on any atom is -0.355 e. The summed E-state index contributed by atoms with van der Waals surface area (Å²) in [4.78, 5) is 27.1. The molecule has 2 aliphatic rings. The van der Waals surface area contributed by atoms with Crippen LogP contribution in [0.5, 0.6) is 0 Å². The normalized spacial score (nSPS) is 18.8. The molecule has 2 fully saturated rings. The third-order valence-corrected chi connectivity index (χ3v) is 6.41. The van der Waals surface area contributed by atoms with Crippen molar-refractivity contribution in [2.75, 3.05) is 44.2 Å². The van der Waals surface area contributed by atoms with E-state index in [2.05, 4.69) is 14.9 Å². The van der Waals surface area contributed by atoms with Gasteiger partial charge in [-0.05, 0) is 36.6 Å². The van der Waals surface area contributed by atoms with Gasteiger partial charge in [-0.15, -0.1) is 0 Å². The fourth-order valence-electron chi connectivity index (χ4n) is 4.29. The number of amides is 1. The van der Waals surface area contributed by atoms with Crippen LogP contribution in [0.1, 0.15) is 24.0 Å². The third-order valence-electron chi connectivity index (χ3n) is 6.13. The Morgan fingerprint density at radius 2 is 1.72 bits per heavy atom. The molecule has 0 spiro atoms. The van der Waals surface area contributed by atoms with E-state index in [1.165, 1.54) is 5.56 Å². The van der Waals surface area contributed by atoms with Gasteiger partial charge in [0.25, 0.3) is 0 Å². The van der Waals surface area contributed by atoms with Gasteiger partial charge in [0.05, 0.1) is 10.6 Å². The van der Waals surface area contributed by atoms with Gasteiger partial charge < -0.3 is 9.80 Å². The van der Waals surface area contributed by atoms with Crippen molar-refractivity contribution in [3.8, 4) is 0 Å². The van der Waals surface area contributed by atoms with Crippen molar-refractivity contribution >= 4 is 23.3 Å². The van der Waals surface area contributed by atoms with E-state index in [0.717, 1.165) is 31.9 Å². The lowest BCUT2D eigenvalue weighted by Crippen LogP contribution is -2.51. The van der Waals surface area contributed by atoms with Crippen LogP contribution in [0.2, 0.25) is 5.02 Å². The number of nitrogens with zero attached hydrogens (tertiary/aromatic N) is 5. The van der Waals surface area contributed by atoms with Crippen molar-refractivity contribution in [2.45, 2.75) is 25.6 Å². The number of hydrogen-bond donors (Lipinski definition) is 0. The van der Waals surface area contributed by atoms with E-state index in [9.17, 15) is 18.0 Å². The first kappa shape index (κ1) is 22.8. The number of hydrogen-bond acceptors (Lipinski definition) is 5. The van der Waals surface area contributed by atoms with Crippen molar-refractivity contribution in [1.29, 1.82) is 0 Å². The van der Waals surface area contributed by atoms with E-state index in [4.69, 9.17) is 11.6 Å². The monoisotopic (exact) mass is 467 g/mol. The van der Waals surface area contributed by atoms with Crippen molar-refractivity contribution < 1.29 is 18.0 Å². The molecule has 4 rings (SSSR count). The van der Waals surface area contributed by atoms with E-state index in [0.29, 0.717) is 44.8 Å². The fourth-order valence-corrected chi connectivity index (χ4v) is 4.57. The molecule has 0 unspecified atom stereocenters. The number of anilines is 1. The molecule has 32 heavy (non-hydrogen) atoms. The summed E-state index contributed by atoms with van der Waals surface area (Å²) in [5.74, 6) is 0.432. The topological polar surface area (TPSA) is 52.6 Å². The third kappa shape index (κ3) is 5.32. The minimum absolute atomic E-state index is 0.0186. The zero-order valence-corrected chi connectivity index (χ0v) is 18.3. The molecule has 0 saturated carbocycles. The Morgan fingerprint density at radius 1 is 1.06 bits per heavy atom. The molecule has 0 bridgehead atoms. The average Bonchev–Trinajstić information content (AvgIpc) is 2.79. The van der Waals surface area contributed by atoms with Crippen molar-refractivity contribution in [1.82, 2.24) is 19.8 Å². The van der Waals surface area contributed by atoms with Crippen molar-refractivity contribution in [2.24, 2.45) is 5.92 Å². The molecule has 2 aliphatic heterocycles. The molecule has 0 N–H and O–H groups in total. The summed E-state index contributed by atoms with van der Waals surface area (Å²) in [6.07, 6.45) is 1.18. The van der Waals surface area contributed by atoms with Crippen LogP contribution in [0.4, 0.5) is 19.0 Å². The zero-order valence-electron chi connectivity index (χ0n) is 17.6. The van der Waals surface area contributed by atoms with Crippen LogP contribution in [-0.4, -0.2) is 64.9 Å². The molecule has 0 aromatic carbocycles. The summed E-state index contributed by atoms with van der Waals surface area (Å²) in [7, 11) is 0. The molecular formula is C22H25ClF3N5O. The van der Waals surface area contributed by atoms with E-state index >= 15 is 0 Å². The summed E-state index contributed by atoms with van der Waals surface area (Å²) in [5.41, 5.74) is 0.349. The molecule has 6 nitrogen and oxygen atoms in total. The van der Waals surface area contributed by atoms with E-state index in [1.807, 2.05) is 21.9 Å². The maximum absolute atomic E-state index is 13.0. The van der Waals surface area contributed by atoms with Crippen LogP contribution in [0.3, 0.4) is 0 Å². The zero-order chi connectivity index (χ0) is 22.7. The second-order valence-corrected chi connectivity index (χ2v) is 8.65. The number of piperidine rings is 1. The van der Waals surface area contributed by atoms with Crippen LogP contribution in [0, 0.1) is 5.92 Å². The lowest BCUT2D eigenvalue weighted by molar-refractivity contribution is -0.138. The Hall–Kier alpha value is -2.39. The largest absolute Gasteiger partial charge is 0.417 e. The first-order chi connectivity index (χ1) is 15.3. The Kier molecular flexibility index (Phi) is 6.85. The summed E-state index contributed by atoms with van der Waals surface area (Å²) < 4.78 is 38.5. The lowest BCUT2D eigenvalue weighted by Gasteiger charge is -2.39.